The van der Waals surface area contributed by atoms with Crippen LogP contribution in [0.2, 0.25) is 0 Å². The molecule has 34 heavy (non-hydrogen) atoms. The minimum Gasteiger partial charge on any atom is -0.486 e. The van der Waals surface area contributed by atoms with Gasteiger partial charge < -0.3 is 14.4 Å². The maximum atomic E-state index is 13.3. The molecule has 3 heterocycles. The molecule has 0 spiro atoms. The third-order valence-corrected chi connectivity index (χ3v) is 7.02. The van der Waals surface area contributed by atoms with Gasteiger partial charge in [-0.25, -0.2) is 4.98 Å². The second-order valence-electron chi connectivity index (χ2n) is 8.53. The SMILES string of the molecule is Cc1ccc(-c2csc3ncn(CC(=O)N(C)Cc4ccc5c(c4)OCCO5)c(=O)c23)cc1C. The van der Waals surface area contributed by atoms with Gasteiger partial charge in [0, 0.05) is 24.5 Å². The van der Waals surface area contributed by atoms with Crippen molar-refractivity contribution in [3.05, 3.63) is 75.1 Å². The number of benzene rings is 2. The normalized spacial score (nSPS) is 12.7. The number of amides is 1. The molecule has 4 aromatic rings. The Labute approximate surface area is 201 Å². The summed E-state index contributed by atoms with van der Waals surface area (Å²) < 4.78 is 12.6. The zero-order chi connectivity index (χ0) is 23.8. The topological polar surface area (TPSA) is 73.7 Å². The molecule has 0 bridgehead atoms. The van der Waals surface area contributed by atoms with Gasteiger partial charge in [0.15, 0.2) is 11.5 Å². The Morgan fingerprint density at radius 3 is 2.68 bits per heavy atom. The highest BCUT2D eigenvalue weighted by molar-refractivity contribution is 7.17. The molecule has 2 aromatic heterocycles. The molecule has 0 atom stereocenters. The maximum absolute atomic E-state index is 13.3. The van der Waals surface area contributed by atoms with Gasteiger partial charge in [0.25, 0.3) is 5.56 Å². The van der Waals surface area contributed by atoms with Gasteiger partial charge in [0.05, 0.1) is 11.7 Å². The van der Waals surface area contributed by atoms with E-state index in [1.54, 1.807) is 11.9 Å². The fourth-order valence-corrected chi connectivity index (χ4v) is 4.92. The van der Waals surface area contributed by atoms with E-state index in [1.807, 2.05) is 29.6 Å². The van der Waals surface area contributed by atoms with E-state index in [2.05, 4.69) is 31.0 Å². The van der Waals surface area contributed by atoms with Crippen molar-refractivity contribution in [2.75, 3.05) is 20.3 Å². The summed E-state index contributed by atoms with van der Waals surface area (Å²) in [5, 5.41) is 2.52. The summed E-state index contributed by atoms with van der Waals surface area (Å²) in [7, 11) is 1.72. The number of fused-ring (bicyclic) bond motifs is 2. The van der Waals surface area contributed by atoms with Crippen LogP contribution in [0.25, 0.3) is 21.3 Å². The molecule has 0 radical (unpaired) electrons. The Hall–Kier alpha value is -3.65. The molecular formula is C26H25N3O4S. The van der Waals surface area contributed by atoms with E-state index in [4.69, 9.17) is 9.47 Å². The Morgan fingerprint density at radius 2 is 1.88 bits per heavy atom. The van der Waals surface area contributed by atoms with E-state index in [9.17, 15) is 9.59 Å². The van der Waals surface area contributed by atoms with Crippen LogP contribution in [-0.4, -0.2) is 40.6 Å². The lowest BCUT2D eigenvalue weighted by atomic mass is 10.0. The smallest absolute Gasteiger partial charge is 0.263 e. The monoisotopic (exact) mass is 475 g/mol. The zero-order valence-corrected chi connectivity index (χ0v) is 20.1. The zero-order valence-electron chi connectivity index (χ0n) is 19.3. The molecule has 5 rings (SSSR count). The number of thiophene rings is 1. The molecule has 7 nitrogen and oxygen atoms in total. The fourth-order valence-electron chi connectivity index (χ4n) is 4.02. The minimum atomic E-state index is -0.208. The molecule has 0 fully saturated rings. The molecule has 0 aliphatic carbocycles. The highest BCUT2D eigenvalue weighted by Crippen LogP contribution is 2.32. The minimum absolute atomic E-state index is 0.0783. The van der Waals surface area contributed by atoms with E-state index in [0.29, 0.717) is 41.5 Å². The molecule has 174 valence electrons. The Bertz CT molecular complexity index is 1460. The predicted octanol–water partition coefficient (Wildman–Crippen LogP) is 4.17. The summed E-state index contributed by atoms with van der Waals surface area (Å²) in [5.41, 5.74) is 4.92. The van der Waals surface area contributed by atoms with Crippen LogP contribution in [0.1, 0.15) is 16.7 Å². The highest BCUT2D eigenvalue weighted by Gasteiger charge is 2.18. The lowest BCUT2D eigenvalue weighted by molar-refractivity contribution is -0.131. The molecule has 1 aliphatic heterocycles. The van der Waals surface area contributed by atoms with Gasteiger partial charge in [-0.2, -0.15) is 0 Å². The van der Waals surface area contributed by atoms with Crippen molar-refractivity contribution >= 4 is 27.5 Å². The molecule has 1 aliphatic rings. The third kappa shape index (κ3) is 4.17. The van der Waals surface area contributed by atoms with Gasteiger partial charge >= 0.3 is 0 Å². The number of likely N-dealkylation sites (N-methyl/N-ethyl adjacent to an activating group) is 1. The van der Waals surface area contributed by atoms with Crippen LogP contribution in [0.4, 0.5) is 0 Å². The quantitative estimate of drug-likeness (QED) is 0.433. The number of nitrogens with zero attached hydrogens (tertiary/aromatic N) is 3. The molecule has 0 N–H and O–H groups in total. The number of aryl methyl sites for hydroxylation is 2. The van der Waals surface area contributed by atoms with Crippen molar-refractivity contribution in [1.82, 2.24) is 14.5 Å². The number of hydrogen-bond donors (Lipinski definition) is 0. The van der Waals surface area contributed by atoms with Gasteiger partial charge in [-0.3, -0.25) is 14.2 Å². The van der Waals surface area contributed by atoms with E-state index < -0.39 is 0 Å². The van der Waals surface area contributed by atoms with Gasteiger partial charge in [-0.05, 0) is 48.2 Å². The van der Waals surface area contributed by atoms with E-state index >= 15 is 0 Å². The van der Waals surface area contributed by atoms with Crippen molar-refractivity contribution in [1.29, 1.82) is 0 Å². The Balaban J connectivity index is 1.38. The van der Waals surface area contributed by atoms with Crippen LogP contribution in [0.5, 0.6) is 11.5 Å². The van der Waals surface area contributed by atoms with Gasteiger partial charge in [0.1, 0.15) is 24.6 Å². The highest BCUT2D eigenvalue weighted by atomic mass is 32.1. The van der Waals surface area contributed by atoms with Crippen LogP contribution < -0.4 is 15.0 Å². The van der Waals surface area contributed by atoms with Crippen LogP contribution >= 0.6 is 11.3 Å². The summed E-state index contributed by atoms with van der Waals surface area (Å²) >= 11 is 1.44. The summed E-state index contributed by atoms with van der Waals surface area (Å²) in [5.74, 6) is 1.22. The molecule has 0 unspecified atom stereocenters. The van der Waals surface area contributed by atoms with Crippen LogP contribution in [0, 0.1) is 13.8 Å². The lowest BCUT2D eigenvalue weighted by Crippen LogP contribution is -2.33. The number of aromatic nitrogens is 2. The molecule has 8 heteroatoms. The number of rotatable bonds is 5. The second-order valence-corrected chi connectivity index (χ2v) is 9.39. The van der Waals surface area contributed by atoms with E-state index in [1.165, 1.54) is 27.8 Å². The average Bonchev–Trinajstić information content (AvgIpc) is 3.27. The molecular weight excluding hydrogens is 450 g/mol. The van der Waals surface area contributed by atoms with Crippen molar-refractivity contribution in [3.8, 4) is 22.6 Å². The third-order valence-electron chi connectivity index (χ3n) is 6.14. The number of carbonyl (C=O) groups excluding carboxylic acids is 1. The standard InChI is InChI=1S/C26H25N3O4S/c1-16-4-6-19(10-17(16)2)20-14-34-25-24(20)26(31)29(15-27-25)13-23(30)28(3)12-18-5-7-21-22(11-18)33-9-8-32-21/h4-7,10-11,14-15H,8-9,12-13H2,1-3H3. The first-order valence-corrected chi connectivity index (χ1v) is 12.0. The van der Waals surface area contributed by atoms with Crippen molar-refractivity contribution in [2.24, 2.45) is 0 Å². The lowest BCUT2D eigenvalue weighted by Gasteiger charge is -2.21. The molecule has 0 saturated heterocycles. The maximum Gasteiger partial charge on any atom is 0.263 e. The molecule has 0 saturated carbocycles. The van der Waals surface area contributed by atoms with Gasteiger partial charge in [0.2, 0.25) is 5.91 Å². The van der Waals surface area contributed by atoms with E-state index in [-0.39, 0.29) is 18.0 Å². The molecule has 2 aromatic carbocycles. The number of carbonyl (C=O) groups is 1. The first-order chi connectivity index (χ1) is 16.4. The summed E-state index contributed by atoms with van der Waals surface area (Å²) in [4.78, 5) is 33.0. The van der Waals surface area contributed by atoms with Gasteiger partial charge in [-0.15, -0.1) is 11.3 Å². The summed E-state index contributed by atoms with van der Waals surface area (Å²) in [6.45, 7) is 5.48. The Morgan fingerprint density at radius 1 is 1.09 bits per heavy atom. The first-order valence-electron chi connectivity index (χ1n) is 11.1. The van der Waals surface area contributed by atoms with Gasteiger partial charge in [-0.1, -0.05) is 24.3 Å². The van der Waals surface area contributed by atoms with Crippen LogP contribution in [0.3, 0.4) is 0 Å². The fraction of sp³-hybridized carbons (Fsp3) is 0.269. The van der Waals surface area contributed by atoms with Crippen molar-refractivity contribution in [3.63, 3.8) is 0 Å². The van der Waals surface area contributed by atoms with Crippen LogP contribution in [0.15, 0.2) is 52.9 Å². The first kappa shape index (κ1) is 22.2. The van der Waals surface area contributed by atoms with Crippen molar-refractivity contribution < 1.29 is 14.3 Å². The number of ether oxygens (including phenoxy) is 2. The predicted molar refractivity (Wildman–Crippen MR) is 133 cm³/mol. The largest absolute Gasteiger partial charge is 0.486 e. The van der Waals surface area contributed by atoms with Crippen LogP contribution in [-0.2, 0) is 17.9 Å². The van der Waals surface area contributed by atoms with Crippen molar-refractivity contribution in [2.45, 2.75) is 26.9 Å². The van der Waals surface area contributed by atoms with E-state index in [0.717, 1.165) is 22.3 Å². The molecule has 1 amide bonds. The number of hydrogen-bond acceptors (Lipinski definition) is 6. The summed E-state index contributed by atoms with van der Waals surface area (Å²) in [6, 6.07) is 11.8. The Kier molecular flexibility index (Phi) is 5.83. The average molecular weight is 476 g/mol. The second kappa shape index (κ2) is 8.95. The summed E-state index contributed by atoms with van der Waals surface area (Å²) in [6.07, 6.45) is 1.46.